The predicted octanol–water partition coefficient (Wildman–Crippen LogP) is 3.31. The Labute approximate surface area is 132 Å². The molecule has 2 aromatic rings. The Morgan fingerprint density at radius 1 is 1.35 bits per heavy atom. The van der Waals surface area contributed by atoms with E-state index in [9.17, 15) is 9.59 Å². The zero-order valence-electron chi connectivity index (χ0n) is 10.3. The van der Waals surface area contributed by atoms with Crippen molar-refractivity contribution < 1.29 is 19.4 Å². The monoisotopic (exact) mass is 403 g/mol. The van der Waals surface area contributed by atoms with Crippen molar-refractivity contribution in [3.63, 3.8) is 0 Å². The number of carboxylic acid groups (broad SMARTS) is 1. The largest absolute Gasteiger partial charge is 0.497 e. The molecule has 1 aromatic heterocycles. The number of thiophene rings is 1. The number of carbonyl (C=O) groups excluding carboxylic acids is 1. The van der Waals surface area contributed by atoms with Gasteiger partial charge in [0.05, 0.1) is 26.8 Å². The van der Waals surface area contributed by atoms with Crippen LogP contribution in [0.4, 0.5) is 5.69 Å². The molecular formula is C13H10INO4S. The van der Waals surface area contributed by atoms with Crippen molar-refractivity contribution in [1.29, 1.82) is 0 Å². The smallest absolute Gasteiger partial charge is 0.337 e. The third-order valence-corrected chi connectivity index (χ3v) is 4.32. The summed E-state index contributed by atoms with van der Waals surface area (Å²) in [5, 5.41) is 13.5. The number of anilines is 1. The van der Waals surface area contributed by atoms with Gasteiger partial charge >= 0.3 is 5.97 Å². The van der Waals surface area contributed by atoms with Crippen LogP contribution in [0.2, 0.25) is 0 Å². The number of ether oxygens (including phenoxy) is 1. The number of hydrogen-bond donors (Lipinski definition) is 2. The first-order chi connectivity index (χ1) is 9.51. The number of carboxylic acids is 1. The third-order valence-electron chi connectivity index (χ3n) is 2.53. The third kappa shape index (κ3) is 3.28. The first kappa shape index (κ1) is 14.8. The average molecular weight is 403 g/mol. The van der Waals surface area contributed by atoms with Gasteiger partial charge in [0, 0.05) is 5.38 Å². The number of rotatable bonds is 4. The zero-order valence-corrected chi connectivity index (χ0v) is 13.3. The standard InChI is InChI=1S/C13H10INO4S/c1-19-8-2-3-10(9(5-8)13(17)18)15-12(16)7-4-11(14)20-6-7/h2-6H,1H3,(H,15,16)(H,17,18). The van der Waals surface area contributed by atoms with Crippen molar-refractivity contribution in [1.82, 2.24) is 0 Å². The Balaban J connectivity index is 2.29. The first-order valence-electron chi connectivity index (χ1n) is 5.48. The molecule has 1 heterocycles. The molecule has 104 valence electrons. The number of benzene rings is 1. The van der Waals surface area contributed by atoms with Crippen LogP contribution >= 0.6 is 33.9 Å². The average Bonchev–Trinajstić information content (AvgIpc) is 2.85. The van der Waals surface area contributed by atoms with E-state index in [1.165, 1.54) is 30.6 Å². The van der Waals surface area contributed by atoms with E-state index in [4.69, 9.17) is 9.84 Å². The highest BCUT2D eigenvalue weighted by atomic mass is 127. The zero-order chi connectivity index (χ0) is 14.7. The van der Waals surface area contributed by atoms with Gasteiger partial charge in [-0.15, -0.1) is 11.3 Å². The number of halogens is 1. The molecule has 5 nitrogen and oxygen atoms in total. The number of carbonyl (C=O) groups is 2. The SMILES string of the molecule is COc1ccc(NC(=O)c2csc(I)c2)c(C(=O)O)c1. The molecule has 0 spiro atoms. The molecule has 2 N–H and O–H groups in total. The van der Waals surface area contributed by atoms with Gasteiger partial charge in [-0.3, -0.25) is 4.79 Å². The van der Waals surface area contributed by atoms with Crippen LogP contribution in [0, 0.1) is 2.88 Å². The van der Waals surface area contributed by atoms with Gasteiger partial charge in [0.2, 0.25) is 0 Å². The highest BCUT2D eigenvalue weighted by Gasteiger charge is 2.15. The number of amides is 1. The lowest BCUT2D eigenvalue weighted by atomic mass is 10.1. The maximum atomic E-state index is 12.0. The van der Waals surface area contributed by atoms with Gasteiger partial charge in [0.25, 0.3) is 5.91 Å². The second-order valence-corrected chi connectivity index (χ2v) is 6.62. The number of methoxy groups -OCH3 is 1. The lowest BCUT2D eigenvalue weighted by Crippen LogP contribution is -2.14. The van der Waals surface area contributed by atoms with Crippen LogP contribution in [-0.2, 0) is 0 Å². The molecule has 7 heteroatoms. The van der Waals surface area contributed by atoms with E-state index in [1.807, 2.05) is 0 Å². The fraction of sp³-hybridized carbons (Fsp3) is 0.0769. The number of nitrogens with one attached hydrogen (secondary N) is 1. The van der Waals surface area contributed by atoms with E-state index in [0.29, 0.717) is 11.3 Å². The van der Waals surface area contributed by atoms with Gasteiger partial charge in [0.15, 0.2) is 0 Å². The second-order valence-electron chi connectivity index (χ2n) is 3.81. The summed E-state index contributed by atoms with van der Waals surface area (Å²) in [6.07, 6.45) is 0. The highest BCUT2D eigenvalue weighted by molar-refractivity contribution is 14.1. The Hall–Kier alpha value is -1.61. The summed E-state index contributed by atoms with van der Waals surface area (Å²) in [6, 6.07) is 6.22. The van der Waals surface area contributed by atoms with Crippen molar-refractivity contribution in [3.05, 3.63) is 43.7 Å². The molecule has 1 amide bonds. The summed E-state index contributed by atoms with van der Waals surface area (Å²) in [6.45, 7) is 0. The second kappa shape index (κ2) is 6.23. The normalized spacial score (nSPS) is 10.1. The number of hydrogen-bond acceptors (Lipinski definition) is 4. The van der Waals surface area contributed by atoms with Crippen molar-refractivity contribution >= 4 is 51.5 Å². The molecule has 1 aromatic carbocycles. The van der Waals surface area contributed by atoms with E-state index in [-0.39, 0.29) is 17.2 Å². The minimum absolute atomic E-state index is 0.0115. The highest BCUT2D eigenvalue weighted by Crippen LogP contribution is 2.24. The Morgan fingerprint density at radius 3 is 2.65 bits per heavy atom. The van der Waals surface area contributed by atoms with Crippen molar-refractivity contribution in [2.45, 2.75) is 0 Å². The van der Waals surface area contributed by atoms with Gasteiger partial charge in [-0.2, -0.15) is 0 Å². The summed E-state index contributed by atoms with van der Waals surface area (Å²) in [7, 11) is 1.45. The first-order valence-corrected chi connectivity index (χ1v) is 7.44. The van der Waals surface area contributed by atoms with E-state index in [0.717, 1.165) is 2.88 Å². The van der Waals surface area contributed by atoms with Crippen LogP contribution < -0.4 is 10.1 Å². The van der Waals surface area contributed by atoms with Gasteiger partial charge in [-0.05, 0) is 46.9 Å². The number of aromatic carboxylic acids is 1. The van der Waals surface area contributed by atoms with Crippen molar-refractivity contribution in [3.8, 4) is 5.75 Å². The molecule has 20 heavy (non-hydrogen) atoms. The van der Waals surface area contributed by atoms with E-state index in [1.54, 1.807) is 17.5 Å². The van der Waals surface area contributed by atoms with Gasteiger partial charge < -0.3 is 15.2 Å². The van der Waals surface area contributed by atoms with Crippen LogP contribution in [0.1, 0.15) is 20.7 Å². The molecule has 0 saturated carbocycles. The fourth-order valence-corrected chi connectivity index (χ4v) is 2.89. The summed E-state index contributed by atoms with van der Waals surface area (Å²) in [5.41, 5.74) is 0.735. The molecule has 0 aliphatic heterocycles. The van der Waals surface area contributed by atoms with Crippen LogP contribution in [0.3, 0.4) is 0 Å². The molecule has 0 saturated heterocycles. The molecule has 0 atom stereocenters. The quantitative estimate of drug-likeness (QED) is 0.769. The molecule has 0 radical (unpaired) electrons. The van der Waals surface area contributed by atoms with Crippen LogP contribution in [0.25, 0.3) is 0 Å². The fourth-order valence-electron chi connectivity index (χ4n) is 1.56. The summed E-state index contributed by atoms with van der Waals surface area (Å²) >= 11 is 3.57. The van der Waals surface area contributed by atoms with Crippen molar-refractivity contribution in [2.24, 2.45) is 0 Å². The molecular weight excluding hydrogens is 393 g/mol. The molecule has 0 unspecified atom stereocenters. The Morgan fingerprint density at radius 2 is 2.10 bits per heavy atom. The van der Waals surface area contributed by atoms with E-state index in [2.05, 4.69) is 27.9 Å². The van der Waals surface area contributed by atoms with Crippen LogP contribution in [0.15, 0.2) is 29.6 Å². The maximum Gasteiger partial charge on any atom is 0.337 e. The summed E-state index contributed by atoms with van der Waals surface area (Å²) < 4.78 is 5.96. The lowest BCUT2D eigenvalue weighted by Gasteiger charge is -2.09. The van der Waals surface area contributed by atoms with Crippen molar-refractivity contribution in [2.75, 3.05) is 12.4 Å². The molecule has 0 bridgehead atoms. The predicted molar refractivity (Wildman–Crippen MR) is 84.9 cm³/mol. The van der Waals surface area contributed by atoms with E-state index >= 15 is 0 Å². The van der Waals surface area contributed by atoms with Gasteiger partial charge in [-0.25, -0.2) is 4.79 Å². The Kier molecular flexibility index (Phi) is 4.61. The minimum atomic E-state index is -1.13. The molecule has 0 aliphatic rings. The van der Waals surface area contributed by atoms with Gasteiger partial charge in [-0.1, -0.05) is 0 Å². The molecule has 0 aliphatic carbocycles. The topological polar surface area (TPSA) is 75.6 Å². The maximum absolute atomic E-state index is 12.0. The molecule has 2 rings (SSSR count). The minimum Gasteiger partial charge on any atom is -0.497 e. The molecule has 0 fully saturated rings. The summed E-state index contributed by atoms with van der Waals surface area (Å²) in [5.74, 6) is -1.04. The summed E-state index contributed by atoms with van der Waals surface area (Å²) in [4.78, 5) is 23.2. The van der Waals surface area contributed by atoms with Gasteiger partial charge in [0.1, 0.15) is 5.75 Å². The van der Waals surface area contributed by atoms with Crippen LogP contribution in [-0.4, -0.2) is 24.1 Å². The Bertz CT molecular complexity index is 668. The lowest BCUT2D eigenvalue weighted by molar-refractivity contribution is 0.0697. The van der Waals surface area contributed by atoms with Crippen LogP contribution in [0.5, 0.6) is 5.75 Å². The van der Waals surface area contributed by atoms with E-state index < -0.39 is 5.97 Å².